The Morgan fingerprint density at radius 1 is 1.14 bits per heavy atom. The third-order valence-electron chi connectivity index (χ3n) is 5.90. The van der Waals surface area contributed by atoms with E-state index in [0.29, 0.717) is 35.8 Å². The van der Waals surface area contributed by atoms with E-state index in [1.807, 2.05) is 36.4 Å². The molecule has 0 amide bonds. The molecule has 0 radical (unpaired) electrons. The molecule has 2 aromatic heterocycles. The zero-order chi connectivity index (χ0) is 18.9. The number of rotatable bonds is 6. The smallest absolute Gasteiger partial charge is 0.246 e. The summed E-state index contributed by atoms with van der Waals surface area (Å²) in [5.41, 5.74) is 0.992. The minimum absolute atomic E-state index is 0.393. The van der Waals surface area contributed by atoms with E-state index in [-0.39, 0.29) is 0 Å². The van der Waals surface area contributed by atoms with Gasteiger partial charge in [-0.2, -0.15) is 4.98 Å². The molecule has 2 bridgehead atoms. The highest BCUT2D eigenvalue weighted by atomic mass is 35.5. The predicted octanol–water partition coefficient (Wildman–Crippen LogP) is 4.33. The summed E-state index contributed by atoms with van der Waals surface area (Å²) in [5.74, 6) is 3.43. The van der Waals surface area contributed by atoms with E-state index in [0.717, 1.165) is 23.8 Å². The molecule has 0 N–H and O–H groups in total. The van der Waals surface area contributed by atoms with Crippen LogP contribution < -0.4 is 4.90 Å². The summed E-state index contributed by atoms with van der Waals surface area (Å²) in [6.07, 6.45) is 4.16. The molecule has 0 aliphatic carbocycles. The van der Waals surface area contributed by atoms with Crippen molar-refractivity contribution in [2.24, 2.45) is 5.92 Å². The van der Waals surface area contributed by atoms with Gasteiger partial charge in [-0.25, -0.2) is 0 Å². The average molecular weight is 399 g/mol. The number of piperidine rings is 3. The molecule has 0 spiro atoms. The van der Waals surface area contributed by atoms with Crippen LogP contribution in [0.1, 0.15) is 36.2 Å². The van der Waals surface area contributed by atoms with Crippen LogP contribution in [-0.4, -0.2) is 34.7 Å². The lowest BCUT2D eigenvalue weighted by molar-refractivity contribution is 0.0825. The van der Waals surface area contributed by atoms with Crippen molar-refractivity contribution in [1.29, 1.82) is 0 Å². The fourth-order valence-corrected chi connectivity index (χ4v) is 4.59. The minimum Gasteiger partial charge on any atom is -0.467 e. The van der Waals surface area contributed by atoms with Gasteiger partial charge in [0, 0.05) is 23.2 Å². The molecule has 146 valence electrons. The van der Waals surface area contributed by atoms with E-state index in [9.17, 15) is 0 Å². The monoisotopic (exact) mass is 398 g/mol. The van der Waals surface area contributed by atoms with Crippen LogP contribution in [0.15, 0.2) is 51.6 Å². The van der Waals surface area contributed by atoms with Crippen molar-refractivity contribution in [2.45, 2.75) is 31.8 Å². The maximum Gasteiger partial charge on any atom is 0.246 e. The lowest BCUT2D eigenvalue weighted by Gasteiger charge is -2.43. The summed E-state index contributed by atoms with van der Waals surface area (Å²) in [5, 5.41) is 5.03. The largest absolute Gasteiger partial charge is 0.467 e. The van der Waals surface area contributed by atoms with Gasteiger partial charge in [-0.15, -0.1) is 0 Å². The molecule has 0 saturated carbocycles. The number of hydrogen-bond donors (Lipinski definition) is 0. The van der Waals surface area contributed by atoms with Gasteiger partial charge in [-0.05, 0) is 62.2 Å². The quantitative estimate of drug-likeness (QED) is 0.615. The Bertz CT molecular complexity index is 918. The van der Waals surface area contributed by atoms with Gasteiger partial charge < -0.3 is 18.7 Å². The van der Waals surface area contributed by atoms with Gasteiger partial charge in [0.25, 0.3) is 0 Å². The molecule has 3 fully saturated rings. The van der Waals surface area contributed by atoms with Crippen LogP contribution in [0.4, 0.5) is 5.69 Å². The van der Waals surface area contributed by atoms with Crippen LogP contribution in [0.2, 0.25) is 5.02 Å². The van der Waals surface area contributed by atoms with Crippen LogP contribution in [0.3, 0.4) is 0 Å². The Labute approximate surface area is 169 Å². The number of anilines is 1. The number of aromatic nitrogens is 2. The normalized spacial score (nSPS) is 23.8. The summed E-state index contributed by atoms with van der Waals surface area (Å²) in [4.78, 5) is 9.41. The highest BCUT2D eigenvalue weighted by Crippen LogP contribution is 2.37. The lowest BCUT2D eigenvalue weighted by atomic mass is 9.79. The zero-order valence-corrected chi connectivity index (χ0v) is 16.4. The number of hydrogen-bond acceptors (Lipinski definition) is 6. The molecular formula is C21H23ClN4O2. The molecule has 3 aliphatic rings. The van der Waals surface area contributed by atoms with E-state index in [1.54, 1.807) is 6.26 Å². The molecule has 7 heteroatoms. The SMILES string of the molecule is Clc1cccc(N(Cc2ccco2)Cc2nc(C3CN4CCC3CC4)no2)c1. The van der Waals surface area contributed by atoms with Crippen molar-refractivity contribution < 1.29 is 8.94 Å². The molecule has 6 rings (SSSR count). The van der Waals surface area contributed by atoms with E-state index in [4.69, 9.17) is 25.5 Å². The topological polar surface area (TPSA) is 58.5 Å². The van der Waals surface area contributed by atoms with Gasteiger partial charge in [0.2, 0.25) is 5.89 Å². The van der Waals surface area contributed by atoms with Crippen molar-refractivity contribution in [3.63, 3.8) is 0 Å². The number of halogens is 1. The second kappa shape index (κ2) is 7.60. The molecule has 6 nitrogen and oxygen atoms in total. The molecule has 1 aromatic carbocycles. The predicted molar refractivity (Wildman–Crippen MR) is 106 cm³/mol. The van der Waals surface area contributed by atoms with Gasteiger partial charge in [-0.3, -0.25) is 0 Å². The number of benzene rings is 1. The first-order valence-corrected chi connectivity index (χ1v) is 10.2. The summed E-state index contributed by atoms with van der Waals surface area (Å²) < 4.78 is 11.2. The van der Waals surface area contributed by atoms with Gasteiger partial charge in [-0.1, -0.05) is 22.8 Å². The molecule has 3 saturated heterocycles. The van der Waals surface area contributed by atoms with Crippen molar-refractivity contribution in [2.75, 3.05) is 24.5 Å². The summed E-state index contributed by atoms with van der Waals surface area (Å²) >= 11 is 6.21. The average Bonchev–Trinajstić information content (AvgIpc) is 3.40. The maximum atomic E-state index is 6.21. The fraction of sp³-hybridized carbons (Fsp3) is 0.429. The molecule has 1 unspecified atom stereocenters. The second-order valence-electron chi connectivity index (χ2n) is 7.71. The standard InChI is InChI=1S/C21H23ClN4O2/c22-16-3-1-4-17(11-16)26(12-18-5-2-10-27-18)14-20-23-21(24-28-20)19-13-25-8-6-15(19)7-9-25/h1-5,10-11,15,19H,6-9,12-14H2. The van der Waals surface area contributed by atoms with E-state index in [2.05, 4.69) is 15.0 Å². The Morgan fingerprint density at radius 3 is 2.75 bits per heavy atom. The molecule has 1 atom stereocenters. The minimum atomic E-state index is 0.393. The lowest BCUT2D eigenvalue weighted by Crippen LogP contribution is -2.46. The maximum absolute atomic E-state index is 6.21. The van der Waals surface area contributed by atoms with Gasteiger partial charge in [0.1, 0.15) is 5.76 Å². The van der Waals surface area contributed by atoms with Crippen LogP contribution in [-0.2, 0) is 13.1 Å². The third kappa shape index (κ3) is 3.66. The zero-order valence-electron chi connectivity index (χ0n) is 15.6. The summed E-state index contributed by atoms with van der Waals surface area (Å²) in [6.45, 7) is 4.57. The Balaban J connectivity index is 1.36. The van der Waals surface area contributed by atoms with Crippen LogP contribution in [0.25, 0.3) is 0 Å². The van der Waals surface area contributed by atoms with Crippen molar-refractivity contribution in [3.8, 4) is 0 Å². The van der Waals surface area contributed by atoms with E-state index >= 15 is 0 Å². The summed E-state index contributed by atoms with van der Waals surface area (Å²) in [7, 11) is 0. The number of nitrogens with zero attached hydrogens (tertiary/aromatic N) is 4. The van der Waals surface area contributed by atoms with Crippen molar-refractivity contribution >= 4 is 17.3 Å². The van der Waals surface area contributed by atoms with Gasteiger partial charge >= 0.3 is 0 Å². The Kier molecular flexibility index (Phi) is 4.82. The number of fused-ring (bicyclic) bond motifs is 3. The first-order valence-electron chi connectivity index (χ1n) is 9.82. The Hall–Kier alpha value is -2.31. The molecule has 5 heterocycles. The van der Waals surface area contributed by atoms with Crippen LogP contribution in [0, 0.1) is 5.92 Å². The van der Waals surface area contributed by atoms with E-state index < -0.39 is 0 Å². The first-order chi connectivity index (χ1) is 13.7. The first kappa shape index (κ1) is 17.8. The van der Waals surface area contributed by atoms with E-state index in [1.165, 1.54) is 25.9 Å². The molecule has 3 aliphatic heterocycles. The van der Waals surface area contributed by atoms with Gasteiger partial charge in [0.05, 0.1) is 19.4 Å². The summed E-state index contributed by atoms with van der Waals surface area (Å²) in [6, 6.07) is 11.6. The van der Waals surface area contributed by atoms with Crippen LogP contribution in [0.5, 0.6) is 0 Å². The fourth-order valence-electron chi connectivity index (χ4n) is 4.41. The molecular weight excluding hydrogens is 376 g/mol. The van der Waals surface area contributed by atoms with Crippen molar-refractivity contribution in [3.05, 3.63) is 65.2 Å². The molecule has 28 heavy (non-hydrogen) atoms. The Morgan fingerprint density at radius 2 is 2.04 bits per heavy atom. The number of furan rings is 1. The highest BCUT2D eigenvalue weighted by molar-refractivity contribution is 6.30. The van der Waals surface area contributed by atoms with Crippen LogP contribution >= 0.6 is 11.6 Å². The van der Waals surface area contributed by atoms with Crippen molar-refractivity contribution in [1.82, 2.24) is 15.0 Å². The van der Waals surface area contributed by atoms with Gasteiger partial charge in [0.15, 0.2) is 5.82 Å². The third-order valence-corrected chi connectivity index (χ3v) is 6.13. The molecule has 3 aromatic rings. The highest BCUT2D eigenvalue weighted by Gasteiger charge is 2.37. The second-order valence-corrected chi connectivity index (χ2v) is 8.14.